The number of nitrogens with zero attached hydrogens (tertiary/aromatic N) is 1. The molecule has 0 spiro atoms. The van der Waals surface area contributed by atoms with E-state index in [1.807, 2.05) is 18.2 Å². The number of alkyl halides is 1. The molecule has 1 heterocycles. The van der Waals surface area contributed by atoms with Crippen LogP contribution in [0.2, 0.25) is 0 Å². The van der Waals surface area contributed by atoms with Gasteiger partial charge in [0, 0.05) is 11.8 Å². The number of halogens is 1. The normalized spacial score (nSPS) is 10.1. The molecule has 2 rings (SSSR count). The third kappa shape index (κ3) is 3.57. The number of ether oxygens (including phenoxy) is 2. The van der Waals surface area contributed by atoms with Crippen molar-refractivity contribution < 1.29 is 14.3 Å². The largest absolute Gasteiger partial charge is 0.493 e. The van der Waals surface area contributed by atoms with Gasteiger partial charge >= 0.3 is 0 Å². The second kappa shape index (κ2) is 7.05. The second-order valence-corrected chi connectivity index (χ2v) is 4.59. The molecule has 1 aromatic carbocycles. The van der Waals surface area contributed by atoms with Gasteiger partial charge in [-0.2, -0.15) is 0 Å². The first-order valence-electron chi connectivity index (χ1n) is 6.04. The Balaban J connectivity index is 2.13. The van der Waals surface area contributed by atoms with E-state index in [1.54, 1.807) is 31.5 Å². The van der Waals surface area contributed by atoms with Crippen LogP contribution in [0.3, 0.4) is 0 Å². The summed E-state index contributed by atoms with van der Waals surface area (Å²) < 4.78 is 10.9. The standard InChI is InChI=1S/C15H14BrNO3/c1-19-15-8-11(13(18)9-16)5-6-14(15)20-10-12-4-2-3-7-17-12/h2-8H,9-10H2,1H3. The minimum Gasteiger partial charge on any atom is -0.493 e. The van der Waals surface area contributed by atoms with Crippen molar-refractivity contribution in [3.63, 3.8) is 0 Å². The Morgan fingerprint density at radius 1 is 1.25 bits per heavy atom. The van der Waals surface area contributed by atoms with Crippen molar-refractivity contribution in [3.05, 3.63) is 53.9 Å². The van der Waals surface area contributed by atoms with Gasteiger partial charge in [-0.3, -0.25) is 9.78 Å². The van der Waals surface area contributed by atoms with E-state index >= 15 is 0 Å². The van der Waals surface area contributed by atoms with Crippen molar-refractivity contribution in [2.45, 2.75) is 6.61 Å². The van der Waals surface area contributed by atoms with Gasteiger partial charge in [-0.25, -0.2) is 0 Å². The van der Waals surface area contributed by atoms with Crippen LogP contribution in [0.15, 0.2) is 42.6 Å². The number of pyridine rings is 1. The van der Waals surface area contributed by atoms with Gasteiger partial charge in [0.25, 0.3) is 0 Å². The Bertz CT molecular complexity index is 587. The van der Waals surface area contributed by atoms with Gasteiger partial charge in [-0.05, 0) is 30.3 Å². The summed E-state index contributed by atoms with van der Waals surface area (Å²) in [7, 11) is 1.55. The van der Waals surface area contributed by atoms with Crippen molar-refractivity contribution in [3.8, 4) is 11.5 Å². The molecule has 0 fully saturated rings. The Morgan fingerprint density at radius 3 is 2.75 bits per heavy atom. The average Bonchev–Trinajstić information content (AvgIpc) is 2.53. The third-order valence-electron chi connectivity index (χ3n) is 2.71. The zero-order valence-corrected chi connectivity index (χ0v) is 12.6. The number of methoxy groups -OCH3 is 1. The number of aromatic nitrogens is 1. The van der Waals surface area contributed by atoms with E-state index in [0.29, 0.717) is 23.7 Å². The molecule has 0 unspecified atom stereocenters. The first-order chi connectivity index (χ1) is 9.74. The summed E-state index contributed by atoms with van der Waals surface area (Å²) in [4.78, 5) is 15.8. The smallest absolute Gasteiger partial charge is 0.173 e. The lowest BCUT2D eigenvalue weighted by atomic mass is 10.1. The Kier molecular flexibility index (Phi) is 5.12. The first-order valence-corrected chi connectivity index (χ1v) is 7.16. The van der Waals surface area contributed by atoms with Crippen LogP contribution in [0.4, 0.5) is 0 Å². The summed E-state index contributed by atoms with van der Waals surface area (Å²) in [6.07, 6.45) is 1.72. The van der Waals surface area contributed by atoms with Crippen LogP contribution in [0, 0.1) is 0 Å². The highest BCUT2D eigenvalue weighted by atomic mass is 79.9. The molecule has 0 bridgehead atoms. The molecule has 0 amide bonds. The number of rotatable bonds is 6. The molecule has 0 saturated heterocycles. The number of benzene rings is 1. The first kappa shape index (κ1) is 14.5. The summed E-state index contributed by atoms with van der Waals surface area (Å²) in [6.45, 7) is 0.350. The molecule has 20 heavy (non-hydrogen) atoms. The molecule has 0 aliphatic heterocycles. The topological polar surface area (TPSA) is 48.4 Å². The molecule has 0 aliphatic rings. The molecule has 0 aliphatic carbocycles. The molecular formula is C15H14BrNO3. The third-order valence-corrected chi connectivity index (χ3v) is 3.22. The molecular weight excluding hydrogens is 322 g/mol. The Hall–Kier alpha value is -1.88. The molecule has 2 aromatic rings. The van der Waals surface area contributed by atoms with Crippen molar-refractivity contribution in [2.75, 3.05) is 12.4 Å². The number of hydrogen-bond acceptors (Lipinski definition) is 4. The molecule has 0 N–H and O–H groups in total. The van der Waals surface area contributed by atoms with Crippen LogP contribution in [-0.2, 0) is 6.61 Å². The van der Waals surface area contributed by atoms with Crippen molar-refractivity contribution >= 4 is 21.7 Å². The van der Waals surface area contributed by atoms with E-state index in [1.165, 1.54) is 0 Å². The molecule has 0 radical (unpaired) electrons. The zero-order chi connectivity index (χ0) is 14.4. The van der Waals surface area contributed by atoms with Gasteiger partial charge in [0.05, 0.1) is 18.1 Å². The maximum absolute atomic E-state index is 11.6. The Morgan fingerprint density at radius 2 is 2.10 bits per heavy atom. The fourth-order valence-electron chi connectivity index (χ4n) is 1.67. The maximum Gasteiger partial charge on any atom is 0.173 e. The van der Waals surface area contributed by atoms with Gasteiger partial charge in [-0.1, -0.05) is 22.0 Å². The summed E-state index contributed by atoms with van der Waals surface area (Å²) in [6, 6.07) is 10.8. The summed E-state index contributed by atoms with van der Waals surface area (Å²) in [5.74, 6) is 1.12. The summed E-state index contributed by atoms with van der Waals surface area (Å²) >= 11 is 3.15. The highest BCUT2D eigenvalue weighted by molar-refractivity contribution is 9.09. The fraction of sp³-hybridized carbons (Fsp3) is 0.200. The number of hydrogen-bond donors (Lipinski definition) is 0. The van der Waals surface area contributed by atoms with Crippen molar-refractivity contribution in [1.82, 2.24) is 4.98 Å². The minimum atomic E-state index is -0.000393. The molecule has 4 nitrogen and oxygen atoms in total. The quantitative estimate of drug-likeness (QED) is 0.600. The van der Waals surface area contributed by atoms with E-state index < -0.39 is 0 Å². The van der Waals surface area contributed by atoms with Crippen LogP contribution in [0.1, 0.15) is 16.1 Å². The highest BCUT2D eigenvalue weighted by Gasteiger charge is 2.10. The number of carbonyl (C=O) groups is 1. The van der Waals surface area contributed by atoms with Gasteiger partial charge in [0.2, 0.25) is 0 Å². The fourth-order valence-corrected chi connectivity index (χ4v) is 2.00. The number of ketones is 1. The van der Waals surface area contributed by atoms with E-state index in [9.17, 15) is 4.79 Å². The van der Waals surface area contributed by atoms with Crippen LogP contribution in [0.5, 0.6) is 11.5 Å². The lowest BCUT2D eigenvalue weighted by Gasteiger charge is -2.11. The summed E-state index contributed by atoms with van der Waals surface area (Å²) in [5.41, 5.74) is 1.42. The molecule has 5 heteroatoms. The van der Waals surface area contributed by atoms with Crippen LogP contribution < -0.4 is 9.47 Å². The molecule has 104 valence electrons. The SMILES string of the molecule is COc1cc(C(=O)CBr)ccc1OCc1ccccn1. The molecule has 0 saturated carbocycles. The number of Topliss-reactive ketones (excluding diaryl/α,β-unsaturated/α-hetero) is 1. The predicted molar refractivity (Wildman–Crippen MR) is 79.7 cm³/mol. The van der Waals surface area contributed by atoms with E-state index in [0.717, 1.165) is 5.69 Å². The second-order valence-electron chi connectivity index (χ2n) is 4.03. The monoisotopic (exact) mass is 335 g/mol. The van der Waals surface area contributed by atoms with Crippen molar-refractivity contribution in [1.29, 1.82) is 0 Å². The van der Waals surface area contributed by atoms with Crippen molar-refractivity contribution in [2.24, 2.45) is 0 Å². The molecule has 0 atom stereocenters. The van der Waals surface area contributed by atoms with Gasteiger partial charge in [0.1, 0.15) is 6.61 Å². The van der Waals surface area contributed by atoms with Gasteiger partial charge in [0.15, 0.2) is 17.3 Å². The lowest BCUT2D eigenvalue weighted by molar-refractivity contribution is 0.102. The zero-order valence-electron chi connectivity index (χ0n) is 11.0. The van der Waals surface area contributed by atoms with Gasteiger partial charge < -0.3 is 9.47 Å². The van der Waals surface area contributed by atoms with E-state index in [4.69, 9.17) is 9.47 Å². The van der Waals surface area contributed by atoms with Gasteiger partial charge in [-0.15, -0.1) is 0 Å². The highest BCUT2D eigenvalue weighted by Crippen LogP contribution is 2.29. The van der Waals surface area contributed by atoms with Crippen LogP contribution >= 0.6 is 15.9 Å². The predicted octanol–water partition coefficient (Wildman–Crippen LogP) is 3.25. The number of carbonyl (C=O) groups excluding carboxylic acids is 1. The van der Waals surface area contributed by atoms with Crippen LogP contribution in [-0.4, -0.2) is 23.2 Å². The lowest BCUT2D eigenvalue weighted by Crippen LogP contribution is -2.03. The Labute approximate surface area is 125 Å². The average molecular weight is 336 g/mol. The van der Waals surface area contributed by atoms with Crippen LogP contribution in [0.25, 0.3) is 0 Å². The molecule has 1 aromatic heterocycles. The summed E-state index contributed by atoms with van der Waals surface area (Å²) in [5, 5.41) is 0.282. The minimum absolute atomic E-state index is 0.000393. The van der Waals surface area contributed by atoms with E-state index in [2.05, 4.69) is 20.9 Å². The van der Waals surface area contributed by atoms with E-state index in [-0.39, 0.29) is 11.1 Å². The maximum atomic E-state index is 11.6.